The summed E-state index contributed by atoms with van der Waals surface area (Å²) < 4.78 is 44.8. The molecule has 0 spiro atoms. The first-order chi connectivity index (χ1) is 15.7. The van der Waals surface area contributed by atoms with Gasteiger partial charge >= 0.3 is 10.2 Å². The summed E-state index contributed by atoms with van der Waals surface area (Å²) in [6, 6.07) is 7.13. The van der Waals surface area contributed by atoms with Crippen molar-refractivity contribution in [2.45, 2.75) is 6.54 Å². The van der Waals surface area contributed by atoms with E-state index >= 15 is 0 Å². The Balaban J connectivity index is 1.63. The molecule has 3 aromatic rings. The molecule has 0 radical (unpaired) electrons. The average molecular weight is 510 g/mol. The van der Waals surface area contributed by atoms with Gasteiger partial charge in [0.2, 0.25) is 0 Å². The number of nitrogens with one attached hydrogen (secondary N) is 1. The summed E-state index contributed by atoms with van der Waals surface area (Å²) in [5.41, 5.74) is 0.951. The highest BCUT2D eigenvalue weighted by molar-refractivity contribution is 7.88. The highest BCUT2D eigenvalue weighted by Crippen LogP contribution is 2.31. The third-order valence-corrected chi connectivity index (χ3v) is 7.45. The van der Waals surface area contributed by atoms with Crippen LogP contribution in [0.15, 0.2) is 58.9 Å². The Labute approximate surface area is 197 Å². The normalized spacial score (nSPS) is 15.2. The zero-order chi connectivity index (χ0) is 23.8. The number of nitrogens with zero attached hydrogens (tertiary/aromatic N) is 4. The maximum absolute atomic E-state index is 13.4. The predicted octanol–water partition coefficient (Wildman–Crippen LogP) is 2.90. The molecule has 0 aliphatic carbocycles. The summed E-state index contributed by atoms with van der Waals surface area (Å²) in [5.74, 6) is -1.37. The number of halogens is 2. The van der Waals surface area contributed by atoms with Crippen molar-refractivity contribution >= 4 is 50.5 Å². The highest BCUT2D eigenvalue weighted by Gasteiger charge is 2.30. The van der Waals surface area contributed by atoms with E-state index in [-0.39, 0.29) is 28.7 Å². The predicted molar refractivity (Wildman–Crippen MR) is 124 cm³/mol. The summed E-state index contributed by atoms with van der Waals surface area (Å²) in [6.07, 6.45) is 4.77. The zero-order valence-electron chi connectivity index (χ0n) is 17.1. The molecule has 1 aromatic carbocycles. The number of likely N-dealkylation sites (N-methyl/N-ethyl adjacent to an activating group) is 1. The summed E-state index contributed by atoms with van der Waals surface area (Å²) in [5, 5.41) is 15.5. The molecule has 33 heavy (non-hydrogen) atoms. The van der Waals surface area contributed by atoms with Gasteiger partial charge < -0.3 is 10.4 Å². The molecule has 2 aromatic heterocycles. The van der Waals surface area contributed by atoms with Gasteiger partial charge in [-0.1, -0.05) is 11.6 Å². The Morgan fingerprint density at radius 2 is 2.03 bits per heavy atom. The van der Waals surface area contributed by atoms with Crippen LogP contribution >= 0.6 is 22.9 Å². The van der Waals surface area contributed by atoms with Crippen molar-refractivity contribution in [1.29, 1.82) is 0 Å². The minimum Gasteiger partial charge on any atom is -0.394 e. The molecular formula is C20H17ClFN5O4S2. The number of hydrogen-bond acceptors (Lipinski definition) is 6. The number of aliphatic hydroxyl groups excluding tert-OH is 1. The van der Waals surface area contributed by atoms with Crippen molar-refractivity contribution in [2.24, 2.45) is 4.40 Å². The van der Waals surface area contributed by atoms with E-state index in [0.717, 1.165) is 20.8 Å². The van der Waals surface area contributed by atoms with Gasteiger partial charge in [0, 0.05) is 29.4 Å². The van der Waals surface area contributed by atoms with Crippen LogP contribution in [0.5, 0.6) is 0 Å². The molecule has 4 rings (SSSR count). The fourth-order valence-electron chi connectivity index (χ4n) is 3.00. The van der Waals surface area contributed by atoms with E-state index in [1.54, 1.807) is 29.2 Å². The number of aromatic nitrogens is 2. The maximum atomic E-state index is 13.4. The van der Waals surface area contributed by atoms with Gasteiger partial charge in [-0.05, 0) is 36.4 Å². The number of rotatable bonds is 6. The molecule has 0 atom stereocenters. The second-order valence-electron chi connectivity index (χ2n) is 6.91. The Kier molecular flexibility index (Phi) is 6.34. The number of hydrogen-bond donors (Lipinski definition) is 2. The van der Waals surface area contributed by atoms with E-state index in [0.29, 0.717) is 11.4 Å². The smallest absolute Gasteiger partial charge is 0.345 e. The van der Waals surface area contributed by atoms with Crippen LogP contribution in [0.3, 0.4) is 0 Å². The zero-order valence-corrected chi connectivity index (χ0v) is 19.5. The topological polar surface area (TPSA) is 117 Å². The first-order valence-corrected chi connectivity index (χ1v) is 12.1. The van der Waals surface area contributed by atoms with Gasteiger partial charge in [-0.2, -0.15) is 13.5 Å². The number of thiophene rings is 1. The lowest BCUT2D eigenvalue weighted by Gasteiger charge is -2.23. The first kappa shape index (κ1) is 23.1. The van der Waals surface area contributed by atoms with Gasteiger partial charge in [-0.15, -0.1) is 15.7 Å². The molecule has 0 bridgehead atoms. The standard InChI is InChI=1S/C20H17ClFN5O4S2/c1-26-17(20(29)24-13-2-3-15(22)14(21)8-13)9-16(25-33(26,30)31)19-5-4-18(32-19)12-10-23-27(11-12)6-7-28/h2-5,8-11,28H,6-7H2,1H3,(H,24,29). The number of aliphatic hydroxyl groups is 1. The van der Waals surface area contributed by atoms with E-state index in [1.165, 1.54) is 36.6 Å². The lowest BCUT2D eigenvalue weighted by Crippen LogP contribution is -2.35. The molecule has 1 aliphatic heterocycles. The molecule has 0 saturated heterocycles. The number of anilines is 1. The second kappa shape index (κ2) is 9.06. The molecule has 13 heteroatoms. The highest BCUT2D eigenvalue weighted by atomic mass is 35.5. The minimum atomic E-state index is -4.15. The summed E-state index contributed by atoms with van der Waals surface area (Å²) >= 11 is 7.03. The minimum absolute atomic E-state index is 0.0429. The molecule has 1 amide bonds. The lowest BCUT2D eigenvalue weighted by molar-refractivity contribution is -0.113. The van der Waals surface area contributed by atoms with Crippen LogP contribution in [0.25, 0.3) is 10.4 Å². The van der Waals surface area contributed by atoms with Crippen LogP contribution in [-0.2, 0) is 21.5 Å². The van der Waals surface area contributed by atoms with Gasteiger partial charge in [-0.25, -0.2) is 8.70 Å². The maximum Gasteiger partial charge on any atom is 0.345 e. The quantitative estimate of drug-likeness (QED) is 0.530. The third kappa shape index (κ3) is 4.83. The molecule has 0 fully saturated rings. The van der Waals surface area contributed by atoms with Gasteiger partial charge in [0.05, 0.1) is 35.0 Å². The molecular weight excluding hydrogens is 493 g/mol. The number of carbonyl (C=O) groups is 1. The summed E-state index contributed by atoms with van der Waals surface area (Å²) in [4.78, 5) is 14.2. The number of benzene rings is 1. The van der Waals surface area contributed by atoms with Crippen molar-refractivity contribution < 1.29 is 22.7 Å². The van der Waals surface area contributed by atoms with Crippen molar-refractivity contribution in [3.63, 3.8) is 0 Å². The average Bonchev–Trinajstić information content (AvgIpc) is 3.42. The van der Waals surface area contributed by atoms with Crippen molar-refractivity contribution in [3.8, 4) is 10.4 Å². The fourth-order valence-corrected chi connectivity index (χ4v) is 5.08. The van der Waals surface area contributed by atoms with Crippen molar-refractivity contribution in [3.05, 3.63) is 70.2 Å². The van der Waals surface area contributed by atoms with Gasteiger partial charge in [-0.3, -0.25) is 9.48 Å². The number of carbonyl (C=O) groups excluding carboxylic acids is 1. The van der Waals surface area contributed by atoms with E-state index < -0.39 is 21.9 Å². The molecule has 9 nitrogen and oxygen atoms in total. The monoisotopic (exact) mass is 509 g/mol. The fraction of sp³-hybridized carbons (Fsp3) is 0.150. The van der Waals surface area contributed by atoms with Crippen LogP contribution in [-0.4, -0.2) is 52.9 Å². The lowest BCUT2D eigenvalue weighted by atomic mass is 10.2. The van der Waals surface area contributed by atoms with Gasteiger partial charge in [0.15, 0.2) is 0 Å². The SMILES string of the molecule is CN1C(C(=O)Nc2ccc(F)c(Cl)c2)=CC(c2ccc(-c3cnn(CCO)c3)s2)=NS1(=O)=O. The molecule has 1 aliphatic rings. The molecule has 2 N–H and O–H groups in total. The Bertz CT molecular complexity index is 1400. The molecule has 0 unspecified atom stereocenters. The van der Waals surface area contributed by atoms with E-state index in [2.05, 4.69) is 14.8 Å². The molecule has 3 heterocycles. The van der Waals surface area contributed by atoms with Crippen molar-refractivity contribution in [1.82, 2.24) is 14.1 Å². The summed E-state index contributed by atoms with van der Waals surface area (Å²) in [7, 11) is -2.93. The Morgan fingerprint density at radius 3 is 2.76 bits per heavy atom. The summed E-state index contributed by atoms with van der Waals surface area (Å²) in [6.45, 7) is 0.314. The van der Waals surface area contributed by atoms with E-state index in [9.17, 15) is 17.6 Å². The third-order valence-electron chi connectivity index (χ3n) is 4.69. The van der Waals surface area contributed by atoms with Crippen LogP contribution in [0.2, 0.25) is 5.02 Å². The van der Waals surface area contributed by atoms with Crippen molar-refractivity contribution in [2.75, 3.05) is 19.0 Å². The number of allylic oxidation sites excluding steroid dienone is 1. The molecule has 0 saturated carbocycles. The largest absolute Gasteiger partial charge is 0.394 e. The first-order valence-electron chi connectivity index (χ1n) is 9.49. The van der Waals surface area contributed by atoms with Crippen LogP contribution in [0.1, 0.15) is 4.88 Å². The van der Waals surface area contributed by atoms with Gasteiger partial charge in [0.25, 0.3) is 5.91 Å². The van der Waals surface area contributed by atoms with Gasteiger partial charge in [0.1, 0.15) is 11.5 Å². The van der Waals surface area contributed by atoms with Crippen LogP contribution in [0.4, 0.5) is 10.1 Å². The van der Waals surface area contributed by atoms with Crippen LogP contribution in [0, 0.1) is 5.82 Å². The number of amides is 1. The Hall–Kier alpha value is -3.06. The Morgan fingerprint density at radius 1 is 1.27 bits per heavy atom. The second-order valence-corrected chi connectivity index (χ2v) is 10.0. The van der Waals surface area contributed by atoms with E-state index in [4.69, 9.17) is 16.7 Å². The molecule has 172 valence electrons. The van der Waals surface area contributed by atoms with E-state index in [1.807, 2.05) is 0 Å². The van der Waals surface area contributed by atoms with Crippen LogP contribution < -0.4 is 5.32 Å².